The molecule has 1 aromatic carbocycles. The lowest BCUT2D eigenvalue weighted by Gasteiger charge is -1.93. The average molecular weight is 295 g/mol. The summed E-state index contributed by atoms with van der Waals surface area (Å²) >= 11 is 11.9. The third-order valence-electron chi connectivity index (χ3n) is 2.72. The van der Waals surface area contributed by atoms with Crippen molar-refractivity contribution >= 4 is 40.0 Å². The molecule has 2 heterocycles. The van der Waals surface area contributed by atoms with Crippen LogP contribution in [0.2, 0.25) is 10.0 Å². The fourth-order valence-electron chi connectivity index (χ4n) is 1.72. The number of aromatic nitrogens is 4. The van der Waals surface area contributed by atoms with Gasteiger partial charge in [-0.25, -0.2) is 9.67 Å². The Morgan fingerprint density at radius 2 is 2.05 bits per heavy atom. The Morgan fingerprint density at radius 1 is 1.32 bits per heavy atom. The van der Waals surface area contributed by atoms with Gasteiger partial charge in [-0.05, 0) is 19.1 Å². The predicted molar refractivity (Wildman–Crippen MR) is 73.2 cm³/mol. The van der Waals surface area contributed by atoms with Crippen LogP contribution in [-0.2, 0) is 0 Å². The Morgan fingerprint density at radius 3 is 2.74 bits per heavy atom. The van der Waals surface area contributed by atoms with Gasteiger partial charge in [-0.3, -0.25) is 4.79 Å². The Labute approximate surface area is 118 Å². The van der Waals surface area contributed by atoms with E-state index in [2.05, 4.69) is 15.1 Å². The maximum Gasteiger partial charge on any atom is 0.229 e. The van der Waals surface area contributed by atoms with E-state index in [4.69, 9.17) is 23.2 Å². The molecule has 0 aliphatic rings. The predicted octanol–water partition coefficient (Wildman–Crippen LogP) is 3.26. The highest BCUT2D eigenvalue weighted by molar-refractivity contribution is 6.42. The zero-order chi connectivity index (χ0) is 13.6. The first-order valence-corrected chi connectivity index (χ1v) is 6.21. The summed E-state index contributed by atoms with van der Waals surface area (Å²) in [4.78, 5) is 18.6. The molecule has 0 radical (unpaired) electrons. The quantitative estimate of drug-likeness (QED) is 0.738. The number of H-pyrrole nitrogens is 1. The molecule has 3 aromatic rings. The van der Waals surface area contributed by atoms with Crippen LogP contribution in [-0.4, -0.2) is 25.5 Å². The lowest BCUT2D eigenvalue weighted by molar-refractivity contribution is 0.101. The normalized spacial score (nSPS) is 11.1. The average Bonchev–Trinajstić information content (AvgIpc) is 2.95. The molecule has 7 heteroatoms. The molecule has 0 bridgehead atoms. The Kier molecular flexibility index (Phi) is 2.80. The summed E-state index contributed by atoms with van der Waals surface area (Å²) in [5.41, 5.74) is 1.96. The van der Waals surface area contributed by atoms with Crippen LogP contribution in [0.4, 0.5) is 0 Å². The van der Waals surface area contributed by atoms with E-state index in [0.717, 1.165) is 5.52 Å². The Balaban J connectivity index is 2.12. The van der Waals surface area contributed by atoms with E-state index in [0.29, 0.717) is 27.1 Å². The van der Waals surface area contributed by atoms with Gasteiger partial charge in [0.05, 0.1) is 32.8 Å². The molecule has 0 saturated heterocycles. The minimum absolute atomic E-state index is 0.0477. The third kappa shape index (κ3) is 2.11. The fourth-order valence-corrected chi connectivity index (χ4v) is 2.04. The number of hydrogen-bond donors (Lipinski definition) is 1. The van der Waals surface area contributed by atoms with Crippen LogP contribution >= 0.6 is 23.2 Å². The largest absolute Gasteiger partial charge is 0.322 e. The molecule has 5 nitrogen and oxygen atoms in total. The van der Waals surface area contributed by atoms with Crippen molar-refractivity contribution in [2.24, 2.45) is 0 Å². The molecule has 0 aliphatic carbocycles. The standard InChI is InChI=1S/C12H8Cl2N4O/c1-6(19)7-4-15-18(5-7)12-16-10-2-8(13)9(14)3-11(10)17-12/h2-5H,1H3,(H,16,17). The highest BCUT2D eigenvalue weighted by Crippen LogP contribution is 2.27. The fraction of sp³-hybridized carbons (Fsp3) is 0.0833. The molecule has 0 amide bonds. The van der Waals surface area contributed by atoms with Gasteiger partial charge in [0.15, 0.2) is 5.78 Å². The van der Waals surface area contributed by atoms with Gasteiger partial charge in [-0.15, -0.1) is 0 Å². The van der Waals surface area contributed by atoms with Crippen molar-refractivity contribution < 1.29 is 4.79 Å². The van der Waals surface area contributed by atoms with Gasteiger partial charge in [0.1, 0.15) is 0 Å². The van der Waals surface area contributed by atoms with Crippen molar-refractivity contribution in [3.8, 4) is 5.95 Å². The van der Waals surface area contributed by atoms with Crippen LogP contribution in [0.25, 0.3) is 17.0 Å². The van der Waals surface area contributed by atoms with Gasteiger partial charge >= 0.3 is 0 Å². The van der Waals surface area contributed by atoms with Gasteiger partial charge in [-0.1, -0.05) is 23.2 Å². The first-order valence-electron chi connectivity index (χ1n) is 5.45. The minimum atomic E-state index is -0.0477. The number of carbonyl (C=O) groups is 1. The molecule has 0 saturated carbocycles. The van der Waals surface area contributed by atoms with E-state index in [1.54, 1.807) is 18.3 Å². The van der Waals surface area contributed by atoms with E-state index in [1.807, 2.05) is 0 Å². The van der Waals surface area contributed by atoms with E-state index < -0.39 is 0 Å². The molecular formula is C12H8Cl2N4O. The maximum absolute atomic E-state index is 11.2. The number of hydrogen-bond acceptors (Lipinski definition) is 3. The summed E-state index contributed by atoms with van der Waals surface area (Å²) in [6.45, 7) is 1.49. The van der Waals surface area contributed by atoms with Crippen LogP contribution < -0.4 is 0 Å². The second kappa shape index (κ2) is 4.36. The number of nitrogens with one attached hydrogen (secondary N) is 1. The number of aromatic amines is 1. The first kappa shape index (κ1) is 12.2. The molecule has 0 aliphatic heterocycles. The van der Waals surface area contributed by atoms with Crippen molar-refractivity contribution in [1.82, 2.24) is 19.7 Å². The zero-order valence-electron chi connectivity index (χ0n) is 9.82. The number of imidazole rings is 1. The molecule has 96 valence electrons. The second-order valence-electron chi connectivity index (χ2n) is 4.07. The highest BCUT2D eigenvalue weighted by Gasteiger charge is 2.10. The second-order valence-corrected chi connectivity index (χ2v) is 4.89. The molecule has 0 atom stereocenters. The number of Topliss-reactive ketones (excluding diaryl/α,β-unsaturated/α-hetero) is 1. The summed E-state index contributed by atoms with van der Waals surface area (Å²) in [6.07, 6.45) is 3.11. The summed E-state index contributed by atoms with van der Waals surface area (Å²) in [7, 11) is 0. The molecule has 1 N–H and O–H groups in total. The first-order chi connectivity index (χ1) is 9.04. The van der Waals surface area contributed by atoms with Crippen molar-refractivity contribution in [3.05, 3.63) is 40.1 Å². The van der Waals surface area contributed by atoms with Gasteiger partial charge in [0, 0.05) is 6.20 Å². The smallest absolute Gasteiger partial charge is 0.229 e. The number of carbonyl (C=O) groups excluding carboxylic acids is 1. The summed E-state index contributed by atoms with van der Waals surface area (Å²) < 4.78 is 1.50. The van der Waals surface area contributed by atoms with Crippen molar-refractivity contribution in [3.63, 3.8) is 0 Å². The Bertz CT molecular complexity index is 751. The van der Waals surface area contributed by atoms with Crippen LogP contribution in [0.5, 0.6) is 0 Å². The number of fused-ring (bicyclic) bond motifs is 1. The van der Waals surface area contributed by atoms with Crippen LogP contribution in [0.1, 0.15) is 17.3 Å². The van der Waals surface area contributed by atoms with E-state index >= 15 is 0 Å². The number of ketones is 1. The van der Waals surface area contributed by atoms with Crippen molar-refractivity contribution in [2.45, 2.75) is 6.92 Å². The van der Waals surface area contributed by atoms with Gasteiger partial charge in [0.2, 0.25) is 5.95 Å². The van der Waals surface area contributed by atoms with E-state index in [9.17, 15) is 4.79 Å². The van der Waals surface area contributed by atoms with Crippen LogP contribution in [0.15, 0.2) is 24.5 Å². The van der Waals surface area contributed by atoms with Crippen LogP contribution in [0.3, 0.4) is 0 Å². The number of rotatable bonds is 2. The lowest BCUT2D eigenvalue weighted by atomic mass is 10.3. The van der Waals surface area contributed by atoms with Gasteiger partial charge in [0.25, 0.3) is 0 Å². The molecule has 0 fully saturated rings. The Hall–Kier alpha value is -1.85. The summed E-state index contributed by atoms with van der Waals surface area (Å²) in [6, 6.07) is 3.37. The number of nitrogens with zero attached hydrogens (tertiary/aromatic N) is 3. The topological polar surface area (TPSA) is 63.6 Å². The molecule has 19 heavy (non-hydrogen) atoms. The van der Waals surface area contributed by atoms with Crippen molar-refractivity contribution in [1.29, 1.82) is 0 Å². The summed E-state index contributed by atoms with van der Waals surface area (Å²) in [5, 5.41) is 4.98. The van der Waals surface area contributed by atoms with Gasteiger partial charge < -0.3 is 4.98 Å². The van der Waals surface area contributed by atoms with E-state index in [1.165, 1.54) is 17.8 Å². The molecular weight excluding hydrogens is 287 g/mol. The summed E-state index contributed by atoms with van der Waals surface area (Å²) in [5.74, 6) is 0.453. The maximum atomic E-state index is 11.2. The SMILES string of the molecule is CC(=O)c1cnn(-c2nc3cc(Cl)c(Cl)cc3[nH]2)c1. The zero-order valence-corrected chi connectivity index (χ0v) is 11.3. The third-order valence-corrected chi connectivity index (χ3v) is 3.44. The molecule has 0 spiro atoms. The molecule has 0 unspecified atom stereocenters. The monoisotopic (exact) mass is 294 g/mol. The van der Waals surface area contributed by atoms with E-state index in [-0.39, 0.29) is 5.78 Å². The number of halogens is 2. The van der Waals surface area contributed by atoms with Crippen molar-refractivity contribution in [2.75, 3.05) is 0 Å². The number of benzene rings is 1. The lowest BCUT2D eigenvalue weighted by Crippen LogP contribution is -1.96. The molecule has 2 aromatic heterocycles. The van der Waals surface area contributed by atoms with Gasteiger partial charge in [-0.2, -0.15) is 5.10 Å². The minimum Gasteiger partial charge on any atom is -0.322 e. The van der Waals surface area contributed by atoms with Crippen LogP contribution in [0, 0.1) is 0 Å². The highest BCUT2D eigenvalue weighted by atomic mass is 35.5. The molecule has 3 rings (SSSR count).